The van der Waals surface area contributed by atoms with Crippen LogP contribution in [0.4, 0.5) is 5.69 Å². The number of benzene rings is 2. The van der Waals surface area contributed by atoms with Crippen molar-refractivity contribution < 1.29 is 17.9 Å². The number of rotatable bonds is 10. The van der Waals surface area contributed by atoms with Crippen molar-refractivity contribution in [2.24, 2.45) is 0 Å². The fourth-order valence-corrected chi connectivity index (χ4v) is 4.45. The molecule has 2 aromatic rings. The third kappa shape index (κ3) is 6.79. The molecule has 9 heteroatoms. The summed E-state index contributed by atoms with van der Waals surface area (Å²) >= 11 is 12.2. The zero-order valence-corrected chi connectivity index (χ0v) is 19.5. The molecule has 1 atom stereocenters. The lowest BCUT2D eigenvalue weighted by Gasteiger charge is -2.24. The number of hydrogen-bond acceptors (Lipinski definition) is 4. The SMILES string of the molecule is CCC(NC(=O)CCCN(c1cc(Cl)ccc1Cl)S(C)(=O)=O)c1ccc(OC)cc1. The van der Waals surface area contributed by atoms with Gasteiger partial charge in [0.1, 0.15) is 5.75 Å². The van der Waals surface area contributed by atoms with Gasteiger partial charge in [-0.05, 0) is 48.7 Å². The monoisotopic (exact) mass is 472 g/mol. The number of carbonyl (C=O) groups is 1. The first-order chi connectivity index (χ1) is 14.2. The smallest absolute Gasteiger partial charge is 0.232 e. The number of nitrogens with zero attached hydrogens (tertiary/aromatic N) is 1. The van der Waals surface area contributed by atoms with E-state index < -0.39 is 10.0 Å². The second-order valence-electron chi connectivity index (χ2n) is 6.84. The molecule has 0 saturated heterocycles. The van der Waals surface area contributed by atoms with Gasteiger partial charge < -0.3 is 10.1 Å². The highest BCUT2D eigenvalue weighted by molar-refractivity contribution is 7.92. The summed E-state index contributed by atoms with van der Waals surface area (Å²) in [4.78, 5) is 12.4. The standard InChI is InChI=1S/C21H26Cl2N2O4S/c1-4-19(15-7-10-17(29-2)11-8-15)24-21(26)6-5-13-25(30(3,27)28)20-14-16(22)9-12-18(20)23/h7-12,14,19H,4-6,13H2,1-3H3,(H,24,26). The molecule has 0 aromatic heterocycles. The lowest BCUT2D eigenvalue weighted by molar-refractivity contribution is -0.121. The molecule has 0 fully saturated rings. The fourth-order valence-electron chi connectivity index (χ4n) is 3.05. The summed E-state index contributed by atoms with van der Waals surface area (Å²) < 4.78 is 30.8. The number of methoxy groups -OCH3 is 1. The molecule has 0 spiro atoms. The van der Waals surface area contributed by atoms with E-state index >= 15 is 0 Å². The van der Waals surface area contributed by atoms with Crippen LogP contribution in [0, 0.1) is 0 Å². The second-order valence-corrected chi connectivity index (χ2v) is 9.59. The van der Waals surface area contributed by atoms with Gasteiger partial charge in [0.15, 0.2) is 0 Å². The van der Waals surface area contributed by atoms with E-state index in [0.29, 0.717) is 17.1 Å². The molecular formula is C21H26Cl2N2O4S. The van der Waals surface area contributed by atoms with Crippen LogP contribution in [0.15, 0.2) is 42.5 Å². The van der Waals surface area contributed by atoms with Gasteiger partial charge in [-0.3, -0.25) is 9.10 Å². The number of carbonyl (C=O) groups excluding carboxylic acids is 1. The van der Waals surface area contributed by atoms with Crippen molar-refractivity contribution in [1.29, 1.82) is 0 Å². The molecule has 0 aliphatic rings. The lowest BCUT2D eigenvalue weighted by atomic mass is 10.0. The number of hydrogen-bond donors (Lipinski definition) is 1. The zero-order valence-electron chi connectivity index (χ0n) is 17.2. The maximum Gasteiger partial charge on any atom is 0.232 e. The Bertz CT molecular complexity index is 965. The molecule has 0 bridgehead atoms. The van der Waals surface area contributed by atoms with Crippen molar-refractivity contribution in [3.8, 4) is 5.75 Å². The highest BCUT2D eigenvalue weighted by atomic mass is 35.5. The molecule has 2 aromatic carbocycles. The molecule has 1 amide bonds. The number of anilines is 1. The number of amides is 1. The van der Waals surface area contributed by atoms with Gasteiger partial charge in [0.05, 0.1) is 30.1 Å². The lowest BCUT2D eigenvalue weighted by Crippen LogP contribution is -2.33. The highest BCUT2D eigenvalue weighted by Crippen LogP contribution is 2.31. The molecule has 0 heterocycles. The van der Waals surface area contributed by atoms with E-state index in [4.69, 9.17) is 27.9 Å². The number of ether oxygens (including phenoxy) is 1. The van der Waals surface area contributed by atoms with E-state index in [1.165, 1.54) is 10.4 Å². The van der Waals surface area contributed by atoms with E-state index in [2.05, 4.69) is 5.32 Å². The Kier molecular flexibility index (Phi) is 8.82. The summed E-state index contributed by atoms with van der Waals surface area (Å²) in [7, 11) is -1.98. The first-order valence-electron chi connectivity index (χ1n) is 9.51. The Labute approximate surface area is 188 Å². The molecule has 6 nitrogen and oxygen atoms in total. The van der Waals surface area contributed by atoms with Crippen molar-refractivity contribution in [2.45, 2.75) is 32.2 Å². The van der Waals surface area contributed by atoms with E-state index in [0.717, 1.165) is 24.0 Å². The van der Waals surface area contributed by atoms with Crippen LogP contribution < -0.4 is 14.4 Å². The normalized spacial score (nSPS) is 12.3. The predicted octanol–water partition coefficient (Wildman–Crippen LogP) is 4.82. The van der Waals surface area contributed by atoms with Crippen LogP contribution in [0.3, 0.4) is 0 Å². The van der Waals surface area contributed by atoms with Gasteiger partial charge in [0, 0.05) is 18.0 Å². The third-order valence-corrected chi connectivity index (χ3v) is 6.34. The number of sulfonamides is 1. The summed E-state index contributed by atoms with van der Waals surface area (Å²) in [6.45, 7) is 2.10. The Balaban J connectivity index is 2.00. The van der Waals surface area contributed by atoms with Crippen molar-refractivity contribution in [1.82, 2.24) is 5.32 Å². The molecule has 0 radical (unpaired) electrons. The van der Waals surface area contributed by atoms with Crippen LogP contribution in [0.1, 0.15) is 37.8 Å². The van der Waals surface area contributed by atoms with Gasteiger partial charge in [-0.15, -0.1) is 0 Å². The van der Waals surface area contributed by atoms with Gasteiger partial charge in [-0.1, -0.05) is 42.3 Å². The minimum absolute atomic E-state index is 0.117. The van der Waals surface area contributed by atoms with Gasteiger partial charge in [-0.2, -0.15) is 0 Å². The van der Waals surface area contributed by atoms with E-state index in [9.17, 15) is 13.2 Å². The maximum absolute atomic E-state index is 12.4. The molecule has 0 saturated carbocycles. The Morgan fingerprint density at radius 2 is 1.83 bits per heavy atom. The minimum atomic E-state index is -3.59. The van der Waals surface area contributed by atoms with Gasteiger partial charge in [0.25, 0.3) is 0 Å². The average molecular weight is 473 g/mol. The van der Waals surface area contributed by atoms with E-state index in [1.54, 1.807) is 19.2 Å². The van der Waals surface area contributed by atoms with Crippen molar-refractivity contribution in [3.05, 3.63) is 58.1 Å². The van der Waals surface area contributed by atoms with Crippen LogP contribution in [-0.2, 0) is 14.8 Å². The highest BCUT2D eigenvalue weighted by Gasteiger charge is 2.21. The Morgan fingerprint density at radius 3 is 2.40 bits per heavy atom. The molecule has 164 valence electrons. The summed E-state index contributed by atoms with van der Waals surface area (Å²) in [5, 5.41) is 3.66. The summed E-state index contributed by atoms with van der Waals surface area (Å²) in [6.07, 6.45) is 2.34. The third-order valence-electron chi connectivity index (χ3n) is 4.60. The topological polar surface area (TPSA) is 75.7 Å². The average Bonchev–Trinajstić information content (AvgIpc) is 2.70. The largest absolute Gasteiger partial charge is 0.497 e. The molecule has 30 heavy (non-hydrogen) atoms. The molecular weight excluding hydrogens is 447 g/mol. The summed E-state index contributed by atoms with van der Waals surface area (Å²) in [6, 6.07) is 12.0. The quantitative estimate of drug-likeness (QED) is 0.537. The van der Waals surface area contributed by atoms with Crippen LogP contribution in [0.25, 0.3) is 0 Å². The first-order valence-corrected chi connectivity index (χ1v) is 12.1. The predicted molar refractivity (Wildman–Crippen MR) is 122 cm³/mol. The first kappa shape index (κ1) is 24.3. The van der Waals surface area contributed by atoms with Crippen LogP contribution >= 0.6 is 23.2 Å². The fraction of sp³-hybridized carbons (Fsp3) is 0.381. The maximum atomic E-state index is 12.4. The van der Waals surface area contributed by atoms with Crippen LogP contribution in [0.5, 0.6) is 5.75 Å². The second kappa shape index (κ2) is 10.9. The van der Waals surface area contributed by atoms with Crippen molar-refractivity contribution in [2.75, 3.05) is 24.2 Å². The van der Waals surface area contributed by atoms with E-state index in [1.807, 2.05) is 31.2 Å². The van der Waals surface area contributed by atoms with Crippen molar-refractivity contribution in [3.63, 3.8) is 0 Å². The number of nitrogens with one attached hydrogen (secondary N) is 1. The van der Waals surface area contributed by atoms with Crippen LogP contribution in [-0.4, -0.2) is 34.2 Å². The minimum Gasteiger partial charge on any atom is -0.497 e. The Morgan fingerprint density at radius 1 is 1.17 bits per heavy atom. The van der Waals surface area contributed by atoms with Gasteiger partial charge in [0.2, 0.25) is 15.9 Å². The zero-order chi connectivity index (χ0) is 22.3. The van der Waals surface area contributed by atoms with E-state index in [-0.39, 0.29) is 29.9 Å². The van der Waals surface area contributed by atoms with Gasteiger partial charge >= 0.3 is 0 Å². The summed E-state index contributed by atoms with van der Waals surface area (Å²) in [5.41, 5.74) is 1.28. The van der Waals surface area contributed by atoms with Crippen molar-refractivity contribution >= 4 is 44.8 Å². The number of halogens is 2. The summed E-state index contributed by atoms with van der Waals surface area (Å²) in [5.74, 6) is 0.601. The molecule has 1 unspecified atom stereocenters. The van der Waals surface area contributed by atoms with Crippen LogP contribution in [0.2, 0.25) is 10.0 Å². The molecule has 0 aliphatic carbocycles. The molecule has 0 aliphatic heterocycles. The molecule has 2 rings (SSSR count). The molecule has 1 N–H and O–H groups in total. The Hall–Kier alpha value is -1.96. The van der Waals surface area contributed by atoms with Gasteiger partial charge in [-0.25, -0.2) is 8.42 Å².